The minimum atomic E-state index is -4.74. The molecule has 0 radical (unpaired) electrons. The Morgan fingerprint density at radius 1 is 1.15 bits per heavy atom. The molecule has 0 amide bonds. The quantitative estimate of drug-likeness (QED) is 0.801. The second-order valence-corrected chi connectivity index (χ2v) is 4.18. The number of aromatic nitrogens is 1. The highest BCUT2D eigenvalue weighted by molar-refractivity contribution is 6.33. The SMILES string of the molecule is O=Cc1c(Cl)cncc1-c1ccc(OC(F)(F)F)cc1. The predicted molar refractivity (Wildman–Crippen MR) is 66.8 cm³/mol. The first-order chi connectivity index (χ1) is 9.40. The van der Waals surface area contributed by atoms with Crippen LogP contribution in [0, 0.1) is 0 Å². The first kappa shape index (κ1) is 14.3. The zero-order valence-corrected chi connectivity index (χ0v) is 10.6. The highest BCUT2D eigenvalue weighted by Crippen LogP contribution is 2.29. The van der Waals surface area contributed by atoms with E-state index in [-0.39, 0.29) is 16.3 Å². The van der Waals surface area contributed by atoms with Crippen LogP contribution >= 0.6 is 11.6 Å². The van der Waals surface area contributed by atoms with Crippen LogP contribution in [0.15, 0.2) is 36.7 Å². The molecule has 3 nitrogen and oxygen atoms in total. The maximum Gasteiger partial charge on any atom is 0.573 e. The number of halogens is 4. The molecule has 0 saturated heterocycles. The Balaban J connectivity index is 2.36. The largest absolute Gasteiger partial charge is 0.573 e. The summed E-state index contributed by atoms with van der Waals surface area (Å²) in [5.74, 6) is -0.344. The molecule has 0 bridgehead atoms. The van der Waals surface area contributed by atoms with E-state index in [0.29, 0.717) is 17.4 Å². The zero-order valence-electron chi connectivity index (χ0n) is 9.82. The molecule has 104 valence electrons. The van der Waals surface area contributed by atoms with Crippen LogP contribution < -0.4 is 4.74 Å². The van der Waals surface area contributed by atoms with Crippen molar-refractivity contribution in [1.29, 1.82) is 0 Å². The Hall–Kier alpha value is -2.08. The zero-order chi connectivity index (χ0) is 14.8. The maximum absolute atomic E-state index is 12.0. The van der Waals surface area contributed by atoms with Crippen molar-refractivity contribution in [3.8, 4) is 16.9 Å². The van der Waals surface area contributed by atoms with Gasteiger partial charge in [-0.3, -0.25) is 9.78 Å². The Bertz CT molecular complexity index is 627. The number of rotatable bonds is 3. The number of benzene rings is 1. The third-order valence-corrected chi connectivity index (χ3v) is 2.76. The summed E-state index contributed by atoms with van der Waals surface area (Å²) in [6, 6.07) is 5.08. The van der Waals surface area contributed by atoms with Crippen molar-refractivity contribution in [2.24, 2.45) is 0 Å². The average molecular weight is 302 g/mol. The average Bonchev–Trinajstić information content (AvgIpc) is 2.37. The summed E-state index contributed by atoms with van der Waals surface area (Å²) in [5.41, 5.74) is 1.17. The summed E-state index contributed by atoms with van der Waals surface area (Å²) in [6.07, 6.45) is -1.45. The fourth-order valence-electron chi connectivity index (χ4n) is 1.63. The summed E-state index contributed by atoms with van der Waals surface area (Å²) in [5, 5.41) is 0.174. The number of nitrogens with zero attached hydrogens (tertiary/aromatic N) is 1. The number of hydrogen-bond donors (Lipinski definition) is 0. The molecule has 0 atom stereocenters. The maximum atomic E-state index is 12.0. The van der Waals surface area contributed by atoms with E-state index in [1.807, 2.05) is 0 Å². The van der Waals surface area contributed by atoms with Crippen molar-refractivity contribution < 1.29 is 22.7 Å². The van der Waals surface area contributed by atoms with Gasteiger partial charge in [0.1, 0.15) is 5.75 Å². The van der Waals surface area contributed by atoms with E-state index in [0.717, 1.165) is 12.1 Å². The first-order valence-electron chi connectivity index (χ1n) is 5.35. The number of carbonyl (C=O) groups excluding carboxylic acids is 1. The van der Waals surface area contributed by atoms with Gasteiger partial charge >= 0.3 is 6.36 Å². The molecular weight excluding hydrogens is 295 g/mol. The van der Waals surface area contributed by atoms with Gasteiger partial charge < -0.3 is 4.74 Å². The molecule has 0 aliphatic heterocycles. The Morgan fingerprint density at radius 3 is 2.35 bits per heavy atom. The number of aldehydes is 1. The summed E-state index contributed by atoms with van der Waals surface area (Å²) in [6.45, 7) is 0. The molecule has 7 heteroatoms. The van der Waals surface area contributed by atoms with Gasteiger partial charge in [-0.2, -0.15) is 0 Å². The minimum absolute atomic E-state index is 0.174. The van der Waals surface area contributed by atoms with Gasteiger partial charge in [0.25, 0.3) is 0 Å². The number of carbonyl (C=O) groups is 1. The molecule has 1 aromatic heterocycles. The highest BCUT2D eigenvalue weighted by atomic mass is 35.5. The van der Waals surface area contributed by atoms with E-state index in [4.69, 9.17) is 11.6 Å². The lowest BCUT2D eigenvalue weighted by molar-refractivity contribution is -0.274. The van der Waals surface area contributed by atoms with Gasteiger partial charge in [0.2, 0.25) is 0 Å². The third kappa shape index (κ3) is 3.27. The van der Waals surface area contributed by atoms with Gasteiger partial charge in [-0.05, 0) is 17.7 Å². The van der Waals surface area contributed by atoms with E-state index in [9.17, 15) is 18.0 Å². The highest BCUT2D eigenvalue weighted by Gasteiger charge is 2.30. The number of ether oxygens (including phenoxy) is 1. The molecule has 0 unspecified atom stereocenters. The Kier molecular flexibility index (Phi) is 3.94. The van der Waals surface area contributed by atoms with Crippen LogP contribution in [-0.4, -0.2) is 17.6 Å². The van der Waals surface area contributed by atoms with Crippen molar-refractivity contribution in [2.45, 2.75) is 6.36 Å². The molecule has 20 heavy (non-hydrogen) atoms. The molecule has 1 heterocycles. The van der Waals surface area contributed by atoms with Crippen LogP contribution in [0.3, 0.4) is 0 Å². The smallest absolute Gasteiger partial charge is 0.406 e. The lowest BCUT2D eigenvalue weighted by Crippen LogP contribution is -2.16. The normalized spacial score (nSPS) is 11.2. The second-order valence-electron chi connectivity index (χ2n) is 3.77. The van der Waals surface area contributed by atoms with Crippen molar-refractivity contribution in [2.75, 3.05) is 0 Å². The topological polar surface area (TPSA) is 39.2 Å². The molecule has 0 spiro atoms. The van der Waals surface area contributed by atoms with Gasteiger partial charge in [-0.25, -0.2) is 0 Å². The van der Waals surface area contributed by atoms with E-state index in [1.165, 1.54) is 24.5 Å². The molecule has 0 saturated carbocycles. The summed E-state index contributed by atoms with van der Waals surface area (Å²) in [4.78, 5) is 14.8. The summed E-state index contributed by atoms with van der Waals surface area (Å²) in [7, 11) is 0. The van der Waals surface area contributed by atoms with Crippen LogP contribution in [0.25, 0.3) is 11.1 Å². The third-order valence-electron chi connectivity index (χ3n) is 2.46. The van der Waals surface area contributed by atoms with Crippen LogP contribution in [0.4, 0.5) is 13.2 Å². The summed E-state index contributed by atoms with van der Waals surface area (Å²) >= 11 is 5.83. The van der Waals surface area contributed by atoms with Crippen LogP contribution in [0.1, 0.15) is 10.4 Å². The van der Waals surface area contributed by atoms with Gasteiger partial charge in [-0.1, -0.05) is 23.7 Å². The molecule has 0 fully saturated rings. The fraction of sp³-hybridized carbons (Fsp3) is 0.0769. The standard InChI is InChI=1S/C13H7ClF3NO2/c14-12-6-18-5-10(11(12)7-19)8-1-3-9(4-2-8)20-13(15,16)17/h1-7H. The lowest BCUT2D eigenvalue weighted by Gasteiger charge is -2.10. The van der Waals surface area contributed by atoms with Crippen molar-refractivity contribution >= 4 is 17.9 Å². The van der Waals surface area contributed by atoms with Crippen LogP contribution in [-0.2, 0) is 0 Å². The number of hydrogen-bond acceptors (Lipinski definition) is 3. The van der Waals surface area contributed by atoms with E-state index >= 15 is 0 Å². The van der Waals surface area contributed by atoms with Gasteiger partial charge in [0, 0.05) is 23.5 Å². The van der Waals surface area contributed by atoms with Crippen molar-refractivity contribution in [3.63, 3.8) is 0 Å². The fourth-order valence-corrected chi connectivity index (χ4v) is 1.83. The molecule has 0 aliphatic rings. The minimum Gasteiger partial charge on any atom is -0.406 e. The Morgan fingerprint density at radius 2 is 1.80 bits per heavy atom. The molecular formula is C13H7ClF3NO2. The molecule has 0 aliphatic carbocycles. The van der Waals surface area contributed by atoms with Gasteiger partial charge in [0.15, 0.2) is 6.29 Å². The molecule has 2 rings (SSSR count). The van der Waals surface area contributed by atoms with Gasteiger partial charge in [0.05, 0.1) is 5.02 Å². The second kappa shape index (κ2) is 5.50. The van der Waals surface area contributed by atoms with Crippen LogP contribution in [0.2, 0.25) is 5.02 Å². The van der Waals surface area contributed by atoms with E-state index in [1.54, 1.807) is 0 Å². The van der Waals surface area contributed by atoms with E-state index in [2.05, 4.69) is 9.72 Å². The van der Waals surface area contributed by atoms with Crippen molar-refractivity contribution in [1.82, 2.24) is 4.98 Å². The van der Waals surface area contributed by atoms with Crippen molar-refractivity contribution in [3.05, 3.63) is 47.2 Å². The first-order valence-corrected chi connectivity index (χ1v) is 5.73. The molecule has 1 aromatic carbocycles. The van der Waals surface area contributed by atoms with E-state index < -0.39 is 6.36 Å². The lowest BCUT2D eigenvalue weighted by atomic mass is 10.0. The van der Waals surface area contributed by atoms with Gasteiger partial charge in [-0.15, -0.1) is 13.2 Å². The molecule has 0 N–H and O–H groups in total. The van der Waals surface area contributed by atoms with Crippen LogP contribution in [0.5, 0.6) is 5.75 Å². The Labute approximate surface area is 117 Å². The summed E-state index contributed by atoms with van der Waals surface area (Å²) < 4.78 is 39.9. The molecule has 2 aromatic rings. The number of pyridine rings is 1. The monoisotopic (exact) mass is 301 g/mol. The predicted octanol–water partition coefficient (Wildman–Crippen LogP) is 4.11. The number of alkyl halides is 3.